The van der Waals surface area contributed by atoms with E-state index >= 15 is 0 Å². The zero-order valence-corrected chi connectivity index (χ0v) is 7.77. The maximum absolute atomic E-state index is 9.01. The molecule has 1 rings (SSSR count). The molecule has 13 heavy (non-hydrogen) atoms. The van der Waals surface area contributed by atoms with Gasteiger partial charge in [0.2, 0.25) is 0 Å². The second kappa shape index (κ2) is 4.94. The van der Waals surface area contributed by atoms with Crippen molar-refractivity contribution in [2.45, 2.75) is 39.5 Å². The first-order valence-electron chi connectivity index (χ1n) is 4.46. The second-order valence-electron chi connectivity index (χ2n) is 2.88. The average molecular weight is 185 g/mol. The minimum absolute atomic E-state index is 0.118. The van der Waals surface area contributed by atoms with Gasteiger partial charge in [0.15, 0.2) is 0 Å². The third kappa shape index (κ3) is 2.26. The molecular weight excluding hydrogens is 170 g/mol. The van der Waals surface area contributed by atoms with Crippen molar-refractivity contribution >= 4 is 0 Å². The van der Waals surface area contributed by atoms with Crippen molar-refractivity contribution in [2.75, 3.05) is 0 Å². The molecule has 0 aliphatic rings. The van der Waals surface area contributed by atoms with Crippen molar-refractivity contribution < 1.29 is 10.2 Å². The monoisotopic (exact) mass is 185 g/mol. The van der Waals surface area contributed by atoms with Gasteiger partial charge >= 0.3 is 0 Å². The van der Waals surface area contributed by atoms with Crippen LogP contribution in [0.3, 0.4) is 0 Å². The van der Waals surface area contributed by atoms with E-state index in [1.54, 1.807) is 4.68 Å². The summed E-state index contributed by atoms with van der Waals surface area (Å²) < 4.78 is 1.65. The van der Waals surface area contributed by atoms with Crippen LogP contribution < -0.4 is 0 Å². The summed E-state index contributed by atoms with van der Waals surface area (Å²) in [5.41, 5.74) is 1.09. The van der Waals surface area contributed by atoms with Crippen LogP contribution >= 0.6 is 0 Å². The Morgan fingerprint density at radius 2 is 2.08 bits per heavy atom. The highest BCUT2D eigenvalue weighted by atomic mass is 16.3. The van der Waals surface area contributed by atoms with Crippen LogP contribution in [0.15, 0.2) is 0 Å². The van der Waals surface area contributed by atoms with E-state index in [1.165, 1.54) is 0 Å². The van der Waals surface area contributed by atoms with Gasteiger partial charge in [-0.25, -0.2) is 4.68 Å². The molecule has 0 aliphatic heterocycles. The van der Waals surface area contributed by atoms with Crippen LogP contribution in [0.5, 0.6) is 0 Å². The highest BCUT2D eigenvalue weighted by Gasteiger charge is 2.09. The van der Waals surface area contributed by atoms with E-state index < -0.39 is 0 Å². The van der Waals surface area contributed by atoms with Crippen LogP contribution in [0.2, 0.25) is 0 Å². The number of aliphatic hydroxyl groups is 2. The van der Waals surface area contributed by atoms with Gasteiger partial charge in [-0.2, -0.15) is 0 Å². The molecule has 0 amide bonds. The number of aliphatic hydroxyl groups excluding tert-OH is 2. The number of rotatable bonds is 5. The molecular formula is C8H15N3O2. The van der Waals surface area contributed by atoms with Crippen LogP contribution in [-0.4, -0.2) is 25.2 Å². The third-order valence-corrected chi connectivity index (χ3v) is 1.94. The summed E-state index contributed by atoms with van der Waals surface area (Å²) in [5.74, 6) is 0. The number of aromatic nitrogens is 3. The van der Waals surface area contributed by atoms with Gasteiger partial charge in [-0.1, -0.05) is 18.6 Å². The molecule has 0 fully saturated rings. The highest BCUT2D eigenvalue weighted by Crippen LogP contribution is 2.06. The van der Waals surface area contributed by atoms with Gasteiger partial charge in [0.25, 0.3) is 0 Å². The minimum Gasteiger partial charge on any atom is -0.390 e. The van der Waals surface area contributed by atoms with Crippen molar-refractivity contribution in [1.29, 1.82) is 0 Å². The number of unbranched alkanes of at least 4 members (excludes halogenated alkanes) is 1. The van der Waals surface area contributed by atoms with E-state index in [0.717, 1.165) is 19.4 Å². The zero-order valence-electron chi connectivity index (χ0n) is 7.77. The maximum atomic E-state index is 9.01. The van der Waals surface area contributed by atoms with E-state index in [9.17, 15) is 0 Å². The van der Waals surface area contributed by atoms with Crippen molar-refractivity contribution in [3.05, 3.63) is 11.4 Å². The Morgan fingerprint density at radius 1 is 1.31 bits per heavy atom. The number of aryl methyl sites for hydroxylation is 1. The van der Waals surface area contributed by atoms with Gasteiger partial charge in [-0.05, 0) is 6.42 Å². The Labute approximate surface area is 77.0 Å². The molecule has 0 unspecified atom stereocenters. The molecule has 0 saturated heterocycles. The second-order valence-corrected chi connectivity index (χ2v) is 2.88. The lowest BCUT2D eigenvalue weighted by molar-refractivity contribution is 0.249. The lowest BCUT2D eigenvalue weighted by Gasteiger charge is -2.02. The lowest BCUT2D eigenvalue weighted by atomic mass is 10.3. The van der Waals surface area contributed by atoms with E-state index in [1.807, 2.05) is 0 Å². The fraction of sp³-hybridized carbons (Fsp3) is 0.750. The molecule has 0 atom stereocenters. The SMILES string of the molecule is CCCCn1nnc(CO)c1CO. The Kier molecular flexibility index (Phi) is 3.85. The standard InChI is InChI=1S/C8H15N3O2/c1-2-3-4-11-8(6-13)7(5-12)9-10-11/h12-13H,2-6H2,1H3. The van der Waals surface area contributed by atoms with Crippen molar-refractivity contribution in [1.82, 2.24) is 15.0 Å². The van der Waals surface area contributed by atoms with E-state index in [0.29, 0.717) is 11.4 Å². The molecule has 0 radical (unpaired) electrons. The quantitative estimate of drug-likeness (QED) is 0.680. The summed E-state index contributed by atoms with van der Waals surface area (Å²) in [6.45, 7) is 2.55. The first-order valence-corrected chi connectivity index (χ1v) is 4.46. The summed E-state index contributed by atoms with van der Waals surface area (Å²) in [6, 6.07) is 0. The highest BCUT2D eigenvalue weighted by molar-refractivity contribution is 5.07. The van der Waals surface area contributed by atoms with E-state index in [2.05, 4.69) is 17.2 Å². The largest absolute Gasteiger partial charge is 0.390 e. The van der Waals surface area contributed by atoms with Gasteiger partial charge < -0.3 is 10.2 Å². The topological polar surface area (TPSA) is 71.2 Å². The van der Waals surface area contributed by atoms with E-state index in [4.69, 9.17) is 10.2 Å². The molecule has 0 aromatic carbocycles. The smallest absolute Gasteiger partial charge is 0.114 e. The van der Waals surface area contributed by atoms with Crippen LogP contribution in [0, 0.1) is 0 Å². The molecule has 0 saturated carbocycles. The minimum atomic E-state index is -0.165. The molecule has 0 bridgehead atoms. The van der Waals surface area contributed by atoms with Gasteiger partial charge in [0.05, 0.1) is 18.9 Å². The molecule has 5 nitrogen and oxygen atoms in total. The van der Waals surface area contributed by atoms with Gasteiger partial charge in [-0.3, -0.25) is 0 Å². The fourth-order valence-corrected chi connectivity index (χ4v) is 1.15. The lowest BCUT2D eigenvalue weighted by Crippen LogP contribution is -2.06. The maximum Gasteiger partial charge on any atom is 0.114 e. The summed E-state index contributed by atoms with van der Waals surface area (Å²) in [6.07, 6.45) is 2.07. The van der Waals surface area contributed by atoms with Crippen LogP contribution in [0.1, 0.15) is 31.2 Å². The third-order valence-electron chi connectivity index (χ3n) is 1.94. The van der Waals surface area contributed by atoms with Gasteiger partial charge in [-0.15, -0.1) is 5.10 Å². The first-order chi connectivity index (χ1) is 6.33. The van der Waals surface area contributed by atoms with Crippen molar-refractivity contribution in [3.8, 4) is 0 Å². The van der Waals surface area contributed by atoms with Crippen molar-refractivity contribution in [3.63, 3.8) is 0 Å². The molecule has 5 heteroatoms. The van der Waals surface area contributed by atoms with Crippen molar-refractivity contribution in [2.24, 2.45) is 0 Å². The summed E-state index contributed by atoms with van der Waals surface area (Å²) in [4.78, 5) is 0. The van der Waals surface area contributed by atoms with Crippen LogP contribution in [-0.2, 0) is 19.8 Å². The molecule has 0 spiro atoms. The molecule has 74 valence electrons. The Balaban J connectivity index is 2.75. The molecule has 1 aromatic rings. The van der Waals surface area contributed by atoms with E-state index in [-0.39, 0.29) is 13.2 Å². The number of nitrogens with zero attached hydrogens (tertiary/aromatic N) is 3. The normalized spacial score (nSPS) is 10.7. The summed E-state index contributed by atoms with van der Waals surface area (Å²) >= 11 is 0. The summed E-state index contributed by atoms with van der Waals surface area (Å²) in [5, 5.41) is 25.5. The molecule has 0 aliphatic carbocycles. The Hall–Kier alpha value is -0.940. The molecule has 1 aromatic heterocycles. The predicted octanol–water partition coefficient (Wildman–Crippen LogP) is 0.0628. The zero-order chi connectivity index (χ0) is 9.68. The fourth-order valence-electron chi connectivity index (χ4n) is 1.15. The number of hydrogen-bond acceptors (Lipinski definition) is 4. The van der Waals surface area contributed by atoms with Crippen LogP contribution in [0.25, 0.3) is 0 Å². The molecule has 2 N–H and O–H groups in total. The van der Waals surface area contributed by atoms with Crippen LogP contribution in [0.4, 0.5) is 0 Å². The number of hydrogen-bond donors (Lipinski definition) is 2. The molecule has 1 heterocycles. The predicted molar refractivity (Wildman–Crippen MR) is 46.8 cm³/mol. The average Bonchev–Trinajstić information content (AvgIpc) is 2.56. The Morgan fingerprint density at radius 3 is 2.62 bits per heavy atom. The van der Waals surface area contributed by atoms with Gasteiger partial charge in [0.1, 0.15) is 5.69 Å². The van der Waals surface area contributed by atoms with Gasteiger partial charge in [0, 0.05) is 6.54 Å². The summed E-state index contributed by atoms with van der Waals surface area (Å²) in [7, 11) is 0. The first kappa shape index (κ1) is 10.1. The Bertz CT molecular complexity index is 260.